The number of hydrogen-bond donors (Lipinski definition) is 2. The molecule has 1 amide bonds. The van der Waals surface area contributed by atoms with Crippen molar-refractivity contribution in [3.8, 4) is 5.75 Å². The molecule has 0 saturated carbocycles. The number of alkyl halides is 1. The number of nitrogens with zero attached hydrogens (tertiary/aromatic N) is 3. The molecule has 5 rings (SSSR count). The summed E-state index contributed by atoms with van der Waals surface area (Å²) in [5.74, 6) is 1.56. The van der Waals surface area contributed by atoms with Crippen molar-refractivity contribution in [3.63, 3.8) is 0 Å². The SMILES string of the molecule is CC(Nc1nc(N2CCOCC(C)(F)C2)nc2cc(Br)ccc12)c1ccc2c(c1)NC(=O)CO2. The largest absolute Gasteiger partial charge is 0.482 e. The van der Waals surface area contributed by atoms with E-state index in [-0.39, 0.29) is 31.7 Å². The third-order valence-corrected chi connectivity index (χ3v) is 6.34. The molecule has 178 valence electrons. The number of carbonyl (C=O) groups excluding carboxylic acids is 1. The van der Waals surface area contributed by atoms with E-state index in [1.54, 1.807) is 0 Å². The van der Waals surface area contributed by atoms with Crippen molar-refractivity contribution in [3.05, 3.63) is 46.4 Å². The first kappa shape index (κ1) is 22.8. The van der Waals surface area contributed by atoms with Crippen LogP contribution >= 0.6 is 15.9 Å². The zero-order chi connectivity index (χ0) is 23.9. The third-order valence-electron chi connectivity index (χ3n) is 5.85. The number of aromatic nitrogens is 2. The molecule has 2 aliphatic rings. The van der Waals surface area contributed by atoms with Crippen LogP contribution in [0.5, 0.6) is 5.75 Å². The lowest BCUT2D eigenvalue weighted by molar-refractivity contribution is -0.118. The second-order valence-electron chi connectivity index (χ2n) is 8.88. The molecule has 0 bridgehead atoms. The molecule has 34 heavy (non-hydrogen) atoms. The summed E-state index contributed by atoms with van der Waals surface area (Å²) in [6.45, 7) is 4.65. The summed E-state index contributed by atoms with van der Waals surface area (Å²) < 4.78 is 26.7. The van der Waals surface area contributed by atoms with Crippen molar-refractivity contribution in [2.45, 2.75) is 25.6 Å². The maximum Gasteiger partial charge on any atom is 0.262 e. The predicted molar refractivity (Wildman–Crippen MR) is 132 cm³/mol. The molecule has 2 atom stereocenters. The number of benzene rings is 2. The minimum absolute atomic E-state index is 0.0187. The normalized spacial score (nSPS) is 21.3. The summed E-state index contributed by atoms with van der Waals surface area (Å²) >= 11 is 3.51. The van der Waals surface area contributed by atoms with Crippen molar-refractivity contribution >= 4 is 50.2 Å². The van der Waals surface area contributed by atoms with Gasteiger partial charge in [0.25, 0.3) is 5.91 Å². The van der Waals surface area contributed by atoms with Gasteiger partial charge >= 0.3 is 0 Å². The number of amides is 1. The van der Waals surface area contributed by atoms with E-state index < -0.39 is 5.67 Å². The second kappa shape index (κ2) is 8.99. The first-order valence-electron chi connectivity index (χ1n) is 11.1. The summed E-state index contributed by atoms with van der Waals surface area (Å²) in [5, 5.41) is 7.18. The maximum absolute atomic E-state index is 14.9. The number of hydrogen-bond acceptors (Lipinski definition) is 7. The smallest absolute Gasteiger partial charge is 0.262 e. The van der Waals surface area contributed by atoms with Gasteiger partial charge in [-0.05, 0) is 49.7 Å². The highest BCUT2D eigenvalue weighted by Gasteiger charge is 2.31. The molecule has 3 aromatic rings. The van der Waals surface area contributed by atoms with Gasteiger partial charge in [0, 0.05) is 16.4 Å². The van der Waals surface area contributed by atoms with E-state index >= 15 is 0 Å². The first-order valence-corrected chi connectivity index (χ1v) is 11.9. The molecule has 0 aliphatic carbocycles. The number of nitrogens with one attached hydrogen (secondary N) is 2. The number of ether oxygens (including phenoxy) is 2. The number of halogens is 2. The van der Waals surface area contributed by atoms with Crippen molar-refractivity contribution in [1.82, 2.24) is 9.97 Å². The average Bonchev–Trinajstić information content (AvgIpc) is 2.98. The van der Waals surface area contributed by atoms with E-state index in [1.165, 1.54) is 6.92 Å². The topological polar surface area (TPSA) is 88.6 Å². The van der Waals surface area contributed by atoms with Crippen molar-refractivity contribution in [2.75, 3.05) is 48.4 Å². The zero-order valence-electron chi connectivity index (χ0n) is 18.9. The summed E-state index contributed by atoms with van der Waals surface area (Å²) in [6, 6.07) is 11.4. The molecule has 0 radical (unpaired) electrons. The van der Waals surface area contributed by atoms with Gasteiger partial charge in [0.2, 0.25) is 5.95 Å². The molecule has 8 nitrogen and oxygen atoms in total. The van der Waals surface area contributed by atoms with E-state index in [0.717, 1.165) is 20.9 Å². The Hall–Kier alpha value is -2.98. The van der Waals surface area contributed by atoms with Gasteiger partial charge in [-0.15, -0.1) is 0 Å². The lowest BCUT2D eigenvalue weighted by Crippen LogP contribution is -2.39. The molecule has 2 aromatic carbocycles. The van der Waals surface area contributed by atoms with Gasteiger partial charge in [-0.2, -0.15) is 4.98 Å². The van der Waals surface area contributed by atoms with Crippen LogP contribution in [0, 0.1) is 0 Å². The van der Waals surface area contributed by atoms with Crippen LogP contribution < -0.4 is 20.3 Å². The Morgan fingerprint density at radius 2 is 2.12 bits per heavy atom. The zero-order valence-corrected chi connectivity index (χ0v) is 20.5. The highest BCUT2D eigenvalue weighted by atomic mass is 79.9. The van der Waals surface area contributed by atoms with Gasteiger partial charge in [0.1, 0.15) is 17.2 Å². The fraction of sp³-hybridized carbons (Fsp3) is 0.375. The van der Waals surface area contributed by atoms with Crippen molar-refractivity contribution in [1.29, 1.82) is 0 Å². The van der Waals surface area contributed by atoms with Gasteiger partial charge in [-0.1, -0.05) is 22.0 Å². The van der Waals surface area contributed by atoms with E-state index in [9.17, 15) is 9.18 Å². The van der Waals surface area contributed by atoms with Crippen molar-refractivity contribution < 1.29 is 18.7 Å². The van der Waals surface area contributed by atoms with Gasteiger partial charge in [0.05, 0.1) is 37.0 Å². The summed E-state index contributed by atoms with van der Waals surface area (Å²) in [4.78, 5) is 23.1. The van der Waals surface area contributed by atoms with Crippen LogP contribution in [0.15, 0.2) is 40.9 Å². The minimum Gasteiger partial charge on any atom is -0.482 e. The Balaban J connectivity index is 1.50. The van der Waals surface area contributed by atoms with Gasteiger partial charge < -0.3 is 25.0 Å². The van der Waals surface area contributed by atoms with Crippen molar-refractivity contribution in [2.24, 2.45) is 0 Å². The molecule has 2 unspecified atom stereocenters. The molecule has 2 N–H and O–H groups in total. The highest BCUT2D eigenvalue weighted by Crippen LogP contribution is 2.33. The second-order valence-corrected chi connectivity index (χ2v) is 9.80. The minimum atomic E-state index is -1.50. The van der Waals surface area contributed by atoms with E-state index in [0.29, 0.717) is 36.4 Å². The summed E-state index contributed by atoms with van der Waals surface area (Å²) in [7, 11) is 0. The molecule has 1 aromatic heterocycles. The van der Waals surface area contributed by atoms with Gasteiger partial charge in [0.15, 0.2) is 6.61 Å². The monoisotopic (exact) mass is 529 g/mol. The van der Waals surface area contributed by atoms with E-state index in [2.05, 4.69) is 26.6 Å². The Bertz CT molecular complexity index is 1250. The molecular weight excluding hydrogens is 505 g/mol. The number of carbonyl (C=O) groups is 1. The van der Waals surface area contributed by atoms with Crippen LogP contribution in [-0.4, -0.2) is 54.5 Å². The van der Waals surface area contributed by atoms with E-state index in [1.807, 2.05) is 48.2 Å². The van der Waals surface area contributed by atoms with Crippen LogP contribution in [0.2, 0.25) is 0 Å². The third kappa shape index (κ3) is 4.78. The molecule has 3 heterocycles. The van der Waals surface area contributed by atoms with Gasteiger partial charge in [-0.25, -0.2) is 9.37 Å². The molecule has 1 fully saturated rings. The molecular formula is C24H25BrFN5O3. The van der Waals surface area contributed by atoms with Crippen LogP contribution in [-0.2, 0) is 9.53 Å². The Morgan fingerprint density at radius 3 is 2.97 bits per heavy atom. The average molecular weight is 530 g/mol. The van der Waals surface area contributed by atoms with E-state index in [4.69, 9.17) is 19.4 Å². The molecule has 2 aliphatic heterocycles. The van der Waals surface area contributed by atoms with Crippen LogP contribution in [0.3, 0.4) is 0 Å². The standard InChI is InChI=1S/C24H25BrFN5O3/c1-14(15-3-6-20-19(9-15)28-21(32)11-34-20)27-22-17-5-4-16(25)10-18(17)29-23(30-22)31-7-8-33-13-24(2,26)12-31/h3-6,9-10,14H,7-8,11-13H2,1-2H3,(H,28,32)(H,27,29,30). The summed E-state index contributed by atoms with van der Waals surface area (Å²) in [6.07, 6.45) is 0. The lowest BCUT2D eigenvalue weighted by atomic mass is 10.1. The molecule has 1 saturated heterocycles. The fourth-order valence-corrected chi connectivity index (χ4v) is 4.50. The fourth-order valence-electron chi connectivity index (χ4n) is 4.15. The molecule has 10 heteroatoms. The number of fused-ring (bicyclic) bond motifs is 2. The highest BCUT2D eigenvalue weighted by molar-refractivity contribution is 9.10. The Kier molecular flexibility index (Phi) is 6.03. The molecule has 0 spiro atoms. The van der Waals surface area contributed by atoms with Crippen LogP contribution in [0.25, 0.3) is 10.9 Å². The predicted octanol–water partition coefficient (Wildman–Crippen LogP) is 4.46. The summed E-state index contributed by atoms with van der Waals surface area (Å²) in [5.41, 5.74) is 0.842. The number of anilines is 3. The van der Waals surface area contributed by atoms with Crippen LogP contribution in [0.4, 0.5) is 21.8 Å². The number of rotatable bonds is 4. The Morgan fingerprint density at radius 1 is 1.26 bits per heavy atom. The van der Waals surface area contributed by atoms with Gasteiger partial charge in [-0.3, -0.25) is 4.79 Å². The maximum atomic E-state index is 14.9. The van der Waals surface area contributed by atoms with Crippen LogP contribution in [0.1, 0.15) is 25.5 Å². The first-order chi connectivity index (χ1) is 16.3. The Labute approximate surface area is 205 Å². The quantitative estimate of drug-likeness (QED) is 0.515. The lowest BCUT2D eigenvalue weighted by Gasteiger charge is -2.27.